The van der Waals surface area contributed by atoms with Gasteiger partial charge in [-0.1, -0.05) is 53.7 Å². The third-order valence-corrected chi connectivity index (χ3v) is 5.80. The van der Waals surface area contributed by atoms with Crippen molar-refractivity contribution in [2.24, 2.45) is 0 Å². The Labute approximate surface area is 186 Å². The Kier molecular flexibility index (Phi) is 7.46. The van der Waals surface area contributed by atoms with Gasteiger partial charge in [0.15, 0.2) is 11.0 Å². The number of amides is 2. The van der Waals surface area contributed by atoms with E-state index in [2.05, 4.69) is 26.9 Å². The molecule has 0 fully saturated rings. The van der Waals surface area contributed by atoms with Crippen LogP contribution in [0.4, 0.5) is 5.69 Å². The molecule has 3 aromatic rings. The number of benzene rings is 2. The lowest BCUT2D eigenvalue weighted by Crippen LogP contribution is -2.34. The first-order valence-corrected chi connectivity index (χ1v) is 11.1. The standard InChI is InChI=1S/C23H27N5O2S/c1-5-28-22(18-11-6-8-15(2)12-18)26-27-23(28)31-14-20(30)24-13-19(29)25-21-16(3)9-7-10-17(21)4/h6-12H,5,13-14H2,1-4H3,(H,24,30)(H,25,29). The van der Waals surface area contributed by atoms with Crippen LogP contribution in [-0.4, -0.2) is 38.9 Å². The smallest absolute Gasteiger partial charge is 0.243 e. The van der Waals surface area contributed by atoms with Gasteiger partial charge < -0.3 is 15.2 Å². The molecule has 2 N–H and O–H groups in total. The fraction of sp³-hybridized carbons (Fsp3) is 0.304. The van der Waals surface area contributed by atoms with Crippen molar-refractivity contribution in [3.63, 3.8) is 0 Å². The van der Waals surface area contributed by atoms with Gasteiger partial charge >= 0.3 is 0 Å². The van der Waals surface area contributed by atoms with Crippen LogP contribution in [0.1, 0.15) is 23.6 Å². The van der Waals surface area contributed by atoms with Crippen molar-refractivity contribution in [2.45, 2.75) is 39.4 Å². The van der Waals surface area contributed by atoms with E-state index in [1.807, 2.05) is 68.7 Å². The van der Waals surface area contributed by atoms with Crippen LogP contribution in [0.5, 0.6) is 0 Å². The van der Waals surface area contributed by atoms with E-state index >= 15 is 0 Å². The molecule has 0 aliphatic heterocycles. The van der Waals surface area contributed by atoms with E-state index in [0.717, 1.165) is 33.8 Å². The minimum absolute atomic E-state index is 0.0812. The molecule has 0 atom stereocenters. The molecule has 0 saturated carbocycles. The minimum Gasteiger partial charge on any atom is -0.346 e. The van der Waals surface area contributed by atoms with E-state index in [0.29, 0.717) is 11.7 Å². The molecule has 7 nitrogen and oxygen atoms in total. The zero-order valence-corrected chi connectivity index (χ0v) is 19.0. The van der Waals surface area contributed by atoms with Crippen LogP contribution in [-0.2, 0) is 16.1 Å². The zero-order chi connectivity index (χ0) is 22.4. The maximum atomic E-state index is 12.3. The summed E-state index contributed by atoms with van der Waals surface area (Å²) >= 11 is 1.31. The summed E-state index contributed by atoms with van der Waals surface area (Å²) in [4.78, 5) is 24.5. The molecule has 0 aliphatic rings. The lowest BCUT2D eigenvalue weighted by Gasteiger charge is -2.12. The highest BCUT2D eigenvalue weighted by molar-refractivity contribution is 7.99. The maximum Gasteiger partial charge on any atom is 0.243 e. The van der Waals surface area contributed by atoms with E-state index in [1.54, 1.807) is 0 Å². The third kappa shape index (κ3) is 5.73. The number of aryl methyl sites for hydroxylation is 3. The lowest BCUT2D eigenvalue weighted by atomic mass is 10.1. The maximum absolute atomic E-state index is 12.3. The van der Waals surface area contributed by atoms with Crippen molar-refractivity contribution in [2.75, 3.05) is 17.6 Å². The van der Waals surface area contributed by atoms with Gasteiger partial charge in [0.25, 0.3) is 0 Å². The third-order valence-electron chi connectivity index (χ3n) is 4.83. The number of hydrogen-bond donors (Lipinski definition) is 2. The number of carbonyl (C=O) groups excluding carboxylic acids is 2. The van der Waals surface area contributed by atoms with Gasteiger partial charge in [0.2, 0.25) is 11.8 Å². The SMILES string of the molecule is CCn1c(SCC(=O)NCC(=O)Nc2c(C)cccc2C)nnc1-c1cccc(C)c1. The normalized spacial score (nSPS) is 10.7. The summed E-state index contributed by atoms with van der Waals surface area (Å²) in [6, 6.07) is 13.9. The Bertz CT molecular complexity index is 1070. The van der Waals surface area contributed by atoms with E-state index in [4.69, 9.17) is 0 Å². The van der Waals surface area contributed by atoms with E-state index < -0.39 is 0 Å². The number of rotatable bonds is 8. The van der Waals surface area contributed by atoms with Gasteiger partial charge in [0.05, 0.1) is 12.3 Å². The molecule has 2 aromatic carbocycles. The van der Waals surface area contributed by atoms with Crippen LogP contribution in [0.15, 0.2) is 47.6 Å². The number of hydrogen-bond acceptors (Lipinski definition) is 5. The molecule has 1 aromatic heterocycles. The number of anilines is 1. The van der Waals surface area contributed by atoms with E-state index in [1.165, 1.54) is 11.8 Å². The monoisotopic (exact) mass is 437 g/mol. The highest BCUT2D eigenvalue weighted by Crippen LogP contribution is 2.24. The molecule has 2 amide bonds. The molecule has 0 aliphatic carbocycles. The van der Waals surface area contributed by atoms with Gasteiger partial charge in [-0.05, 0) is 44.9 Å². The first-order valence-electron chi connectivity index (χ1n) is 10.1. The summed E-state index contributed by atoms with van der Waals surface area (Å²) in [6.07, 6.45) is 0. The highest BCUT2D eigenvalue weighted by atomic mass is 32.2. The van der Waals surface area contributed by atoms with Gasteiger partial charge in [-0.15, -0.1) is 10.2 Å². The topological polar surface area (TPSA) is 88.9 Å². The second-order valence-corrected chi connectivity index (χ2v) is 8.24. The average molecular weight is 438 g/mol. The van der Waals surface area contributed by atoms with Crippen LogP contribution < -0.4 is 10.6 Å². The number of aromatic nitrogens is 3. The second-order valence-electron chi connectivity index (χ2n) is 7.30. The predicted octanol–water partition coefficient (Wildman–Crippen LogP) is 3.74. The molecule has 8 heteroatoms. The Morgan fingerprint density at radius 3 is 2.39 bits per heavy atom. The van der Waals surface area contributed by atoms with Crippen molar-refractivity contribution in [1.29, 1.82) is 0 Å². The van der Waals surface area contributed by atoms with Gasteiger partial charge in [-0.25, -0.2) is 0 Å². The molecular formula is C23H27N5O2S. The predicted molar refractivity (Wildman–Crippen MR) is 124 cm³/mol. The number of thioether (sulfide) groups is 1. The van der Waals surface area contributed by atoms with Gasteiger partial charge in [0, 0.05) is 17.8 Å². The molecule has 0 spiro atoms. The quantitative estimate of drug-likeness (QED) is 0.524. The molecule has 3 rings (SSSR count). The van der Waals surface area contributed by atoms with Crippen LogP contribution in [0.2, 0.25) is 0 Å². The summed E-state index contributed by atoms with van der Waals surface area (Å²) in [6.45, 7) is 8.54. The average Bonchev–Trinajstić information content (AvgIpc) is 3.16. The Hall–Kier alpha value is -3.13. The van der Waals surface area contributed by atoms with Crippen molar-refractivity contribution in [1.82, 2.24) is 20.1 Å². The van der Waals surface area contributed by atoms with Crippen LogP contribution >= 0.6 is 11.8 Å². The fourth-order valence-corrected chi connectivity index (χ4v) is 4.07. The highest BCUT2D eigenvalue weighted by Gasteiger charge is 2.15. The van der Waals surface area contributed by atoms with E-state index in [9.17, 15) is 9.59 Å². The van der Waals surface area contributed by atoms with E-state index in [-0.39, 0.29) is 24.1 Å². The Morgan fingerprint density at radius 1 is 1.00 bits per heavy atom. The summed E-state index contributed by atoms with van der Waals surface area (Å²) in [7, 11) is 0. The van der Waals surface area contributed by atoms with Crippen molar-refractivity contribution in [3.8, 4) is 11.4 Å². The molecule has 31 heavy (non-hydrogen) atoms. The molecule has 0 radical (unpaired) electrons. The number of nitrogens with one attached hydrogen (secondary N) is 2. The van der Waals surface area contributed by atoms with Crippen molar-refractivity contribution < 1.29 is 9.59 Å². The summed E-state index contributed by atoms with van der Waals surface area (Å²) in [5, 5.41) is 14.8. The lowest BCUT2D eigenvalue weighted by molar-refractivity contribution is -0.122. The molecule has 162 valence electrons. The van der Waals surface area contributed by atoms with Crippen molar-refractivity contribution >= 4 is 29.3 Å². The summed E-state index contributed by atoms with van der Waals surface area (Å²) in [5.74, 6) is 0.448. The number of nitrogens with zero attached hydrogens (tertiary/aromatic N) is 3. The summed E-state index contributed by atoms with van der Waals surface area (Å²) < 4.78 is 1.99. The molecular weight excluding hydrogens is 410 g/mol. The van der Waals surface area contributed by atoms with Crippen LogP contribution in [0.25, 0.3) is 11.4 Å². The van der Waals surface area contributed by atoms with Crippen LogP contribution in [0, 0.1) is 20.8 Å². The largest absolute Gasteiger partial charge is 0.346 e. The molecule has 1 heterocycles. The minimum atomic E-state index is -0.255. The number of carbonyl (C=O) groups is 2. The van der Waals surface area contributed by atoms with Gasteiger partial charge in [0.1, 0.15) is 0 Å². The van der Waals surface area contributed by atoms with Crippen LogP contribution in [0.3, 0.4) is 0 Å². The molecule has 0 bridgehead atoms. The fourth-order valence-electron chi connectivity index (χ4n) is 3.23. The first kappa shape index (κ1) is 22.6. The molecule has 0 unspecified atom stereocenters. The second kappa shape index (κ2) is 10.3. The zero-order valence-electron chi connectivity index (χ0n) is 18.2. The first-order chi connectivity index (χ1) is 14.9. The Balaban J connectivity index is 1.55. The Morgan fingerprint density at radius 2 is 1.71 bits per heavy atom. The van der Waals surface area contributed by atoms with Gasteiger partial charge in [-0.3, -0.25) is 9.59 Å². The number of para-hydroxylation sites is 1. The van der Waals surface area contributed by atoms with Crippen molar-refractivity contribution in [3.05, 3.63) is 59.2 Å². The molecule has 0 saturated heterocycles. The van der Waals surface area contributed by atoms with Gasteiger partial charge in [-0.2, -0.15) is 0 Å². The summed E-state index contributed by atoms with van der Waals surface area (Å²) in [5.41, 5.74) is 4.90.